The van der Waals surface area contributed by atoms with Gasteiger partial charge in [0.25, 0.3) is 0 Å². The molecule has 2 nitrogen and oxygen atoms in total. The van der Waals surface area contributed by atoms with Gasteiger partial charge in [0.15, 0.2) is 5.78 Å². The lowest BCUT2D eigenvalue weighted by molar-refractivity contribution is 0.103. The molecule has 0 atom stereocenters. The zero-order chi connectivity index (χ0) is 15.0. The molecule has 0 aliphatic rings. The zero-order valence-electron chi connectivity index (χ0n) is 10.9. The topological polar surface area (TPSA) is 43.1 Å². The minimum Gasteiger partial charge on any atom is -0.398 e. The average molecular weight is 344 g/mol. The maximum atomic E-state index is 14.1. The molecular weight excluding hydrogens is 333 g/mol. The number of fused-ring (bicyclic) bond motifs is 1. The number of rotatable bonds is 2. The Bertz CT molecular complexity index is 861. The van der Waals surface area contributed by atoms with Crippen LogP contribution in [-0.2, 0) is 0 Å². The molecule has 0 fully saturated rings. The third-order valence-corrected chi connectivity index (χ3v) is 3.97. The fourth-order valence-electron chi connectivity index (χ4n) is 2.28. The molecule has 0 bridgehead atoms. The van der Waals surface area contributed by atoms with Gasteiger partial charge < -0.3 is 5.73 Å². The van der Waals surface area contributed by atoms with Crippen molar-refractivity contribution in [3.05, 3.63) is 76.0 Å². The normalized spacial score (nSPS) is 10.8. The van der Waals surface area contributed by atoms with Crippen molar-refractivity contribution in [2.24, 2.45) is 0 Å². The maximum Gasteiger partial charge on any atom is 0.198 e. The summed E-state index contributed by atoms with van der Waals surface area (Å²) in [6, 6.07) is 15.7. The summed E-state index contributed by atoms with van der Waals surface area (Å²) in [5, 5.41) is 1.84. The summed E-state index contributed by atoms with van der Waals surface area (Å²) in [4.78, 5) is 12.5. The van der Waals surface area contributed by atoms with Crippen LogP contribution >= 0.6 is 15.9 Å². The summed E-state index contributed by atoms with van der Waals surface area (Å²) in [6.45, 7) is 0. The Kier molecular flexibility index (Phi) is 3.47. The van der Waals surface area contributed by atoms with Crippen LogP contribution in [0.3, 0.4) is 0 Å². The molecule has 3 aromatic rings. The van der Waals surface area contributed by atoms with E-state index in [0.717, 1.165) is 10.8 Å². The molecule has 0 aliphatic heterocycles. The van der Waals surface area contributed by atoms with Crippen molar-refractivity contribution in [2.45, 2.75) is 0 Å². The Labute approximate surface area is 129 Å². The third kappa shape index (κ3) is 2.43. The summed E-state index contributed by atoms with van der Waals surface area (Å²) in [7, 11) is 0. The van der Waals surface area contributed by atoms with Gasteiger partial charge in [-0.2, -0.15) is 0 Å². The van der Waals surface area contributed by atoms with E-state index in [1.165, 1.54) is 6.07 Å². The number of carbonyl (C=O) groups excluding carboxylic acids is 1. The molecule has 0 heterocycles. The lowest BCUT2D eigenvalue weighted by Gasteiger charge is -2.09. The van der Waals surface area contributed by atoms with E-state index in [1.807, 2.05) is 24.3 Å². The van der Waals surface area contributed by atoms with Gasteiger partial charge in [-0.3, -0.25) is 4.79 Å². The second-order valence-electron chi connectivity index (χ2n) is 4.72. The predicted octanol–water partition coefficient (Wildman–Crippen LogP) is 4.55. The van der Waals surface area contributed by atoms with Crippen LogP contribution in [0.15, 0.2) is 59.1 Å². The summed E-state index contributed by atoms with van der Waals surface area (Å²) >= 11 is 3.09. The molecule has 3 aromatic carbocycles. The molecule has 0 radical (unpaired) electrons. The number of nitrogen functional groups attached to an aromatic ring is 1. The van der Waals surface area contributed by atoms with Gasteiger partial charge in [-0.1, -0.05) is 30.3 Å². The third-order valence-electron chi connectivity index (χ3n) is 3.36. The molecule has 3 rings (SSSR count). The molecule has 0 spiro atoms. The first-order valence-corrected chi connectivity index (χ1v) is 7.14. The largest absolute Gasteiger partial charge is 0.398 e. The summed E-state index contributed by atoms with van der Waals surface area (Å²) in [6.07, 6.45) is 0. The minimum atomic E-state index is -0.574. The number of benzene rings is 3. The summed E-state index contributed by atoms with van der Waals surface area (Å²) in [5.74, 6) is -0.993. The standard InChI is InChI=1S/C17H11BrFNO/c18-14-7-3-6-12(16(14)19)17(21)13-8-10-4-1-2-5-11(10)9-15(13)20/h1-9H,20H2. The quantitative estimate of drug-likeness (QED) is 0.547. The van der Waals surface area contributed by atoms with E-state index in [1.54, 1.807) is 24.3 Å². The van der Waals surface area contributed by atoms with Crippen LogP contribution in [0, 0.1) is 5.82 Å². The van der Waals surface area contributed by atoms with Gasteiger partial charge in [-0.05, 0) is 51.0 Å². The maximum absolute atomic E-state index is 14.1. The summed E-state index contributed by atoms with van der Waals surface area (Å²) < 4.78 is 14.3. The first kappa shape index (κ1) is 13.8. The Morgan fingerprint density at radius 3 is 2.33 bits per heavy atom. The number of halogens is 2. The van der Waals surface area contributed by atoms with Crippen LogP contribution in [0.25, 0.3) is 10.8 Å². The molecular formula is C17H11BrFNO. The van der Waals surface area contributed by atoms with Crippen LogP contribution in [0.5, 0.6) is 0 Å². The van der Waals surface area contributed by atoms with Crippen LogP contribution < -0.4 is 5.73 Å². The first-order valence-electron chi connectivity index (χ1n) is 6.35. The number of carbonyl (C=O) groups is 1. The Hall–Kier alpha value is -2.20. The molecule has 0 saturated heterocycles. The van der Waals surface area contributed by atoms with Crippen molar-refractivity contribution in [2.75, 3.05) is 5.73 Å². The lowest BCUT2D eigenvalue weighted by Crippen LogP contribution is -2.08. The zero-order valence-corrected chi connectivity index (χ0v) is 12.5. The SMILES string of the molecule is Nc1cc2ccccc2cc1C(=O)c1cccc(Br)c1F. The molecule has 104 valence electrons. The van der Waals surface area contributed by atoms with E-state index in [4.69, 9.17) is 5.73 Å². The fourth-order valence-corrected chi connectivity index (χ4v) is 2.64. The van der Waals surface area contributed by atoms with Crippen molar-refractivity contribution in [1.82, 2.24) is 0 Å². The van der Waals surface area contributed by atoms with Crippen LogP contribution in [0.2, 0.25) is 0 Å². The minimum absolute atomic E-state index is 0.00589. The highest BCUT2D eigenvalue weighted by molar-refractivity contribution is 9.10. The van der Waals surface area contributed by atoms with E-state index < -0.39 is 11.6 Å². The van der Waals surface area contributed by atoms with Crippen molar-refractivity contribution in [1.29, 1.82) is 0 Å². The van der Waals surface area contributed by atoms with Crippen LogP contribution in [0.4, 0.5) is 10.1 Å². The van der Waals surface area contributed by atoms with Gasteiger partial charge in [-0.15, -0.1) is 0 Å². The lowest BCUT2D eigenvalue weighted by atomic mass is 9.98. The Morgan fingerprint density at radius 2 is 1.62 bits per heavy atom. The number of hydrogen-bond donors (Lipinski definition) is 1. The van der Waals surface area contributed by atoms with E-state index in [0.29, 0.717) is 11.3 Å². The molecule has 4 heteroatoms. The van der Waals surface area contributed by atoms with Gasteiger partial charge in [-0.25, -0.2) is 4.39 Å². The monoisotopic (exact) mass is 343 g/mol. The van der Waals surface area contributed by atoms with Crippen molar-refractivity contribution < 1.29 is 9.18 Å². The molecule has 21 heavy (non-hydrogen) atoms. The molecule has 0 saturated carbocycles. The van der Waals surface area contributed by atoms with E-state index in [9.17, 15) is 9.18 Å². The van der Waals surface area contributed by atoms with Gasteiger partial charge >= 0.3 is 0 Å². The predicted molar refractivity (Wildman–Crippen MR) is 85.9 cm³/mol. The number of nitrogens with two attached hydrogens (primary N) is 1. The molecule has 0 amide bonds. The highest BCUT2D eigenvalue weighted by atomic mass is 79.9. The number of ketones is 1. The van der Waals surface area contributed by atoms with E-state index >= 15 is 0 Å². The van der Waals surface area contributed by atoms with E-state index in [2.05, 4.69) is 15.9 Å². The molecule has 0 unspecified atom stereocenters. The number of hydrogen-bond acceptors (Lipinski definition) is 2. The van der Waals surface area contributed by atoms with Gasteiger partial charge in [0.1, 0.15) is 5.82 Å². The highest BCUT2D eigenvalue weighted by Crippen LogP contribution is 2.26. The first-order chi connectivity index (χ1) is 10.1. The molecule has 0 aromatic heterocycles. The highest BCUT2D eigenvalue weighted by Gasteiger charge is 2.18. The summed E-state index contributed by atoms with van der Waals surface area (Å²) in [5.41, 5.74) is 6.62. The van der Waals surface area contributed by atoms with Crippen molar-refractivity contribution >= 4 is 38.2 Å². The Morgan fingerprint density at radius 1 is 0.952 bits per heavy atom. The van der Waals surface area contributed by atoms with Gasteiger partial charge in [0.05, 0.1) is 10.0 Å². The Balaban J connectivity index is 2.17. The van der Waals surface area contributed by atoms with Crippen molar-refractivity contribution in [3.63, 3.8) is 0 Å². The smallest absolute Gasteiger partial charge is 0.198 e. The van der Waals surface area contributed by atoms with Gasteiger partial charge in [0.2, 0.25) is 0 Å². The fraction of sp³-hybridized carbons (Fsp3) is 0. The van der Waals surface area contributed by atoms with Crippen molar-refractivity contribution in [3.8, 4) is 0 Å². The van der Waals surface area contributed by atoms with E-state index in [-0.39, 0.29) is 10.0 Å². The van der Waals surface area contributed by atoms with Gasteiger partial charge in [0, 0.05) is 11.3 Å². The number of anilines is 1. The van der Waals surface area contributed by atoms with Crippen LogP contribution in [0.1, 0.15) is 15.9 Å². The second-order valence-corrected chi connectivity index (χ2v) is 5.57. The molecule has 0 aliphatic carbocycles. The van der Waals surface area contributed by atoms with Crippen LogP contribution in [-0.4, -0.2) is 5.78 Å². The average Bonchev–Trinajstić information content (AvgIpc) is 2.48. The second kappa shape index (κ2) is 5.30. The molecule has 2 N–H and O–H groups in total.